The van der Waals surface area contributed by atoms with E-state index in [1.54, 1.807) is 0 Å². The summed E-state index contributed by atoms with van der Waals surface area (Å²) in [6.07, 6.45) is 6.11. The minimum atomic E-state index is 0.0617. The fourth-order valence-electron chi connectivity index (χ4n) is 4.02. The Kier molecular flexibility index (Phi) is 3.81. The Morgan fingerprint density at radius 2 is 2.16 bits per heavy atom. The normalized spacial score (nSPS) is 37.7. The summed E-state index contributed by atoms with van der Waals surface area (Å²) in [7, 11) is 0. The van der Waals surface area contributed by atoms with Gasteiger partial charge in [0.25, 0.3) is 0 Å². The van der Waals surface area contributed by atoms with E-state index in [0.717, 1.165) is 25.6 Å². The van der Waals surface area contributed by atoms with E-state index in [1.165, 1.54) is 32.4 Å². The van der Waals surface area contributed by atoms with E-state index in [2.05, 4.69) is 29.0 Å². The lowest BCUT2D eigenvalue weighted by Crippen LogP contribution is -2.49. The van der Waals surface area contributed by atoms with E-state index in [4.69, 9.17) is 0 Å². The fraction of sp³-hybridized carbons (Fsp3) is 0.933. The van der Waals surface area contributed by atoms with Crippen molar-refractivity contribution in [2.75, 3.05) is 19.8 Å². The molecule has 0 radical (unpaired) electrons. The number of fused-ring (bicyclic) bond motifs is 1. The maximum Gasteiger partial charge on any atom is 0.241 e. The van der Waals surface area contributed by atoms with Gasteiger partial charge < -0.3 is 9.80 Å². The molecular weight excluding hydrogens is 238 g/mol. The van der Waals surface area contributed by atoms with Crippen LogP contribution >= 0.6 is 0 Å². The Labute approximate surface area is 116 Å². The lowest BCUT2D eigenvalue weighted by molar-refractivity contribution is -0.132. The predicted octanol–water partition coefficient (Wildman–Crippen LogP) is 1.42. The first kappa shape index (κ1) is 13.4. The molecule has 0 aromatic carbocycles. The van der Waals surface area contributed by atoms with Gasteiger partial charge in [0.2, 0.25) is 5.91 Å². The van der Waals surface area contributed by atoms with Crippen LogP contribution < -0.4 is 5.32 Å². The molecule has 0 spiro atoms. The van der Waals surface area contributed by atoms with Gasteiger partial charge in [-0.2, -0.15) is 0 Å². The smallest absolute Gasteiger partial charge is 0.241 e. The molecule has 4 unspecified atom stereocenters. The Bertz CT molecular complexity index is 346. The van der Waals surface area contributed by atoms with Gasteiger partial charge >= 0.3 is 0 Å². The molecule has 19 heavy (non-hydrogen) atoms. The van der Waals surface area contributed by atoms with Crippen LogP contribution in [0.15, 0.2) is 0 Å². The molecule has 3 aliphatic rings. The van der Waals surface area contributed by atoms with Gasteiger partial charge in [-0.25, -0.2) is 0 Å². The third kappa shape index (κ3) is 2.40. The summed E-state index contributed by atoms with van der Waals surface area (Å²) in [4.78, 5) is 17.3. The average Bonchev–Trinajstić information content (AvgIpc) is 3.03. The summed E-state index contributed by atoms with van der Waals surface area (Å²) in [5.74, 6) is 0.801. The molecule has 3 heterocycles. The topological polar surface area (TPSA) is 35.6 Å². The van der Waals surface area contributed by atoms with Crippen molar-refractivity contribution in [2.24, 2.45) is 5.92 Å². The lowest BCUT2D eigenvalue weighted by atomic mass is 9.95. The summed E-state index contributed by atoms with van der Waals surface area (Å²) >= 11 is 0. The molecule has 4 nitrogen and oxygen atoms in total. The van der Waals surface area contributed by atoms with Crippen molar-refractivity contribution in [1.29, 1.82) is 0 Å². The zero-order valence-corrected chi connectivity index (χ0v) is 12.3. The molecule has 3 rings (SSSR count). The van der Waals surface area contributed by atoms with Crippen molar-refractivity contribution in [1.82, 2.24) is 15.1 Å². The Morgan fingerprint density at radius 1 is 1.32 bits per heavy atom. The van der Waals surface area contributed by atoms with Crippen molar-refractivity contribution in [3.05, 3.63) is 0 Å². The Hall–Kier alpha value is -0.610. The molecule has 0 saturated carbocycles. The molecule has 0 aromatic heterocycles. The second-order valence-electron chi connectivity index (χ2n) is 6.54. The number of rotatable bonds is 3. The van der Waals surface area contributed by atoms with Gasteiger partial charge in [0.1, 0.15) is 0 Å². The van der Waals surface area contributed by atoms with Crippen LogP contribution in [0.2, 0.25) is 0 Å². The third-order valence-electron chi connectivity index (χ3n) is 5.48. The molecular formula is C15H27N3O. The van der Waals surface area contributed by atoms with Gasteiger partial charge in [0.15, 0.2) is 0 Å². The second-order valence-corrected chi connectivity index (χ2v) is 6.54. The first-order valence-corrected chi connectivity index (χ1v) is 7.98. The van der Waals surface area contributed by atoms with Crippen molar-refractivity contribution >= 4 is 5.91 Å². The van der Waals surface area contributed by atoms with Gasteiger partial charge in [-0.1, -0.05) is 20.3 Å². The molecule has 3 aliphatic heterocycles. The van der Waals surface area contributed by atoms with E-state index < -0.39 is 0 Å². The predicted molar refractivity (Wildman–Crippen MR) is 75.7 cm³/mol. The first-order valence-electron chi connectivity index (χ1n) is 7.98. The summed E-state index contributed by atoms with van der Waals surface area (Å²) < 4.78 is 0. The molecule has 3 saturated heterocycles. The second kappa shape index (κ2) is 5.41. The molecule has 4 atom stereocenters. The summed E-state index contributed by atoms with van der Waals surface area (Å²) in [5.41, 5.74) is 0. The van der Waals surface area contributed by atoms with Gasteiger partial charge in [0, 0.05) is 18.6 Å². The Morgan fingerprint density at radius 3 is 2.95 bits per heavy atom. The SMILES string of the molecule is CCC(C)C1NCN(C2CCN3CCCC3C2)C1=O. The highest BCUT2D eigenvalue weighted by Crippen LogP contribution is 2.31. The van der Waals surface area contributed by atoms with E-state index in [-0.39, 0.29) is 6.04 Å². The minimum absolute atomic E-state index is 0.0617. The zero-order valence-electron chi connectivity index (χ0n) is 12.3. The number of piperidine rings is 1. The van der Waals surface area contributed by atoms with Crippen LogP contribution in [0.4, 0.5) is 0 Å². The number of hydrogen-bond acceptors (Lipinski definition) is 3. The lowest BCUT2D eigenvalue weighted by Gasteiger charge is -2.39. The maximum atomic E-state index is 12.5. The molecule has 1 amide bonds. The quantitative estimate of drug-likeness (QED) is 0.838. The van der Waals surface area contributed by atoms with E-state index in [0.29, 0.717) is 17.9 Å². The molecule has 108 valence electrons. The van der Waals surface area contributed by atoms with Crippen LogP contribution in [0, 0.1) is 5.92 Å². The van der Waals surface area contributed by atoms with Crippen LogP contribution in [0.1, 0.15) is 46.0 Å². The van der Waals surface area contributed by atoms with Crippen LogP contribution in [-0.2, 0) is 4.79 Å². The number of nitrogens with one attached hydrogen (secondary N) is 1. The number of carbonyl (C=O) groups excluding carboxylic acids is 1. The highest BCUT2D eigenvalue weighted by atomic mass is 16.2. The van der Waals surface area contributed by atoms with E-state index in [9.17, 15) is 4.79 Å². The molecule has 3 fully saturated rings. The van der Waals surface area contributed by atoms with Crippen molar-refractivity contribution in [3.8, 4) is 0 Å². The average molecular weight is 265 g/mol. The number of amides is 1. The summed E-state index contributed by atoms with van der Waals surface area (Å²) in [6.45, 7) is 7.58. The molecule has 0 aliphatic carbocycles. The van der Waals surface area contributed by atoms with Crippen LogP contribution in [0.25, 0.3) is 0 Å². The largest absolute Gasteiger partial charge is 0.325 e. The minimum Gasteiger partial charge on any atom is -0.325 e. The molecule has 0 bridgehead atoms. The zero-order chi connectivity index (χ0) is 13.4. The van der Waals surface area contributed by atoms with Crippen molar-refractivity contribution < 1.29 is 4.79 Å². The highest BCUT2D eigenvalue weighted by molar-refractivity contribution is 5.84. The fourth-order valence-corrected chi connectivity index (χ4v) is 4.02. The number of carbonyl (C=O) groups is 1. The monoisotopic (exact) mass is 265 g/mol. The highest BCUT2D eigenvalue weighted by Gasteiger charge is 2.41. The van der Waals surface area contributed by atoms with E-state index >= 15 is 0 Å². The summed E-state index contributed by atoms with van der Waals surface area (Å²) in [6, 6.07) is 1.29. The van der Waals surface area contributed by atoms with Crippen molar-refractivity contribution in [3.63, 3.8) is 0 Å². The van der Waals surface area contributed by atoms with Crippen molar-refractivity contribution in [2.45, 2.75) is 64.1 Å². The molecule has 0 aromatic rings. The van der Waals surface area contributed by atoms with Gasteiger partial charge in [0.05, 0.1) is 12.7 Å². The van der Waals surface area contributed by atoms with Gasteiger partial charge in [-0.15, -0.1) is 0 Å². The van der Waals surface area contributed by atoms with Crippen LogP contribution in [-0.4, -0.2) is 53.6 Å². The van der Waals surface area contributed by atoms with E-state index in [1.807, 2.05) is 0 Å². The standard InChI is InChI=1S/C15H27N3O/c1-3-11(2)14-15(19)18(10-16-14)13-6-8-17-7-4-5-12(17)9-13/h11-14,16H,3-10H2,1-2H3. The molecule has 1 N–H and O–H groups in total. The summed E-state index contributed by atoms with van der Waals surface area (Å²) in [5, 5.41) is 3.43. The molecule has 4 heteroatoms. The Balaban J connectivity index is 1.62. The van der Waals surface area contributed by atoms with Gasteiger partial charge in [-0.3, -0.25) is 10.1 Å². The first-order chi connectivity index (χ1) is 9.20. The van der Waals surface area contributed by atoms with Crippen LogP contribution in [0.3, 0.4) is 0 Å². The van der Waals surface area contributed by atoms with Crippen LogP contribution in [0.5, 0.6) is 0 Å². The third-order valence-corrected chi connectivity index (χ3v) is 5.48. The van der Waals surface area contributed by atoms with Gasteiger partial charge in [-0.05, 0) is 38.1 Å². The number of nitrogens with zero attached hydrogens (tertiary/aromatic N) is 2. The number of hydrogen-bond donors (Lipinski definition) is 1. The maximum absolute atomic E-state index is 12.5.